The molecule has 6 heteroatoms. The minimum Gasteiger partial charge on any atom is -0.490 e. The van der Waals surface area contributed by atoms with Crippen molar-refractivity contribution in [2.75, 3.05) is 26.7 Å². The molecule has 0 aliphatic carbocycles. The van der Waals surface area contributed by atoms with E-state index in [0.29, 0.717) is 6.61 Å². The van der Waals surface area contributed by atoms with E-state index in [1.54, 1.807) is 0 Å². The Morgan fingerprint density at radius 2 is 1.88 bits per heavy atom. The number of ether oxygens (including phenoxy) is 2. The summed E-state index contributed by atoms with van der Waals surface area (Å²) in [6.07, 6.45) is 3.55. The second-order valence-electron chi connectivity index (χ2n) is 9.21. The summed E-state index contributed by atoms with van der Waals surface area (Å²) in [4.78, 5) is 18.2. The topological polar surface area (TPSA) is 42.0 Å². The van der Waals surface area contributed by atoms with Crippen LogP contribution in [0, 0.1) is 0 Å². The molecule has 2 fully saturated rings. The lowest BCUT2D eigenvalue weighted by Crippen LogP contribution is -2.45. The van der Waals surface area contributed by atoms with Crippen molar-refractivity contribution in [2.24, 2.45) is 0 Å². The summed E-state index contributed by atoms with van der Waals surface area (Å²) in [6.45, 7) is 4.07. The molecule has 1 atom stereocenters. The van der Waals surface area contributed by atoms with Crippen LogP contribution in [0.3, 0.4) is 0 Å². The van der Waals surface area contributed by atoms with Crippen molar-refractivity contribution in [1.29, 1.82) is 0 Å². The zero-order valence-electron chi connectivity index (χ0n) is 19.2. The number of rotatable bonds is 7. The molecule has 5 rings (SSSR count). The van der Waals surface area contributed by atoms with E-state index in [2.05, 4.69) is 66.5 Å². The Labute approximate surface area is 199 Å². The van der Waals surface area contributed by atoms with Gasteiger partial charge < -0.3 is 14.4 Å². The number of likely N-dealkylation sites (tertiary alicyclic amines) is 1. The maximum Gasteiger partial charge on any atom is 0.251 e. The van der Waals surface area contributed by atoms with E-state index >= 15 is 0 Å². The number of fused-ring (bicyclic) bond motifs is 1. The highest BCUT2D eigenvalue weighted by Crippen LogP contribution is 2.27. The molecule has 0 saturated carbocycles. The molecule has 3 aromatic rings. The van der Waals surface area contributed by atoms with Crippen molar-refractivity contribution in [3.8, 4) is 5.75 Å². The van der Waals surface area contributed by atoms with Gasteiger partial charge in [0, 0.05) is 55.2 Å². The molecule has 0 unspecified atom stereocenters. The largest absolute Gasteiger partial charge is 0.490 e. The smallest absolute Gasteiger partial charge is 0.251 e. The van der Waals surface area contributed by atoms with Gasteiger partial charge in [0.25, 0.3) is 5.91 Å². The minimum absolute atomic E-state index is 0.162. The van der Waals surface area contributed by atoms with Crippen LogP contribution in [-0.2, 0) is 22.6 Å². The molecule has 0 spiro atoms. The zero-order chi connectivity index (χ0) is 22.6. The summed E-state index contributed by atoms with van der Waals surface area (Å²) >= 11 is 1.87. The van der Waals surface area contributed by atoms with Crippen molar-refractivity contribution < 1.29 is 14.3 Å². The quantitative estimate of drug-likeness (QED) is 0.489. The lowest BCUT2D eigenvalue weighted by molar-refractivity contribution is -0.142. The molecule has 2 aliphatic heterocycles. The molecule has 33 heavy (non-hydrogen) atoms. The lowest BCUT2D eigenvalue weighted by Gasteiger charge is -2.33. The van der Waals surface area contributed by atoms with Gasteiger partial charge in [0.1, 0.15) is 18.0 Å². The molecule has 2 aliphatic rings. The summed E-state index contributed by atoms with van der Waals surface area (Å²) in [5, 5.41) is 1.33. The minimum atomic E-state index is -0.216. The second kappa shape index (κ2) is 10.2. The molecule has 0 radical (unpaired) electrons. The number of carbonyl (C=O) groups excluding carboxylic acids is 1. The van der Waals surface area contributed by atoms with Crippen LogP contribution in [0.25, 0.3) is 10.1 Å². The number of hydrogen-bond acceptors (Lipinski definition) is 5. The molecule has 0 bridgehead atoms. The molecule has 5 nitrogen and oxygen atoms in total. The maximum atomic E-state index is 12.5. The first-order valence-corrected chi connectivity index (χ1v) is 12.8. The van der Waals surface area contributed by atoms with Crippen LogP contribution < -0.4 is 4.74 Å². The normalized spacial score (nSPS) is 19.5. The molecule has 174 valence electrons. The van der Waals surface area contributed by atoms with E-state index in [4.69, 9.17) is 9.47 Å². The first kappa shape index (κ1) is 22.4. The molecule has 3 heterocycles. The third-order valence-corrected chi connectivity index (χ3v) is 7.64. The summed E-state index contributed by atoms with van der Waals surface area (Å²) < 4.78 is 13.1. The molecular weight excluding hydrogens is 432 g/mol. The van der Waals surface area contributed by atoms with E-state index < -0.39 is 0 Å². The molecule has 2 saturated heterocycles. The first-order valence-electron chi connectivity index (χ1n) is 12.0. The first-order chi connectivity index (χ1) is 16.1. The van der Waals surface area contributed by atoms with Gasteiger partial charge >= 0.3 is 0 Å². The fourth-order valence-electron chi connectivity index (χ4n) is 4.78. The Bertz CT molecular complexity index is 1030. The monoisotopic (exact) mass is 464 g/mol. The van der Waals surface area contributed by atoms with Crippen LogP contribution in [-0.4, -0.2) is 54.7 Å². The van der Waals surface area contributed by atoms with Gasteiger partial charge in [-0.2, -0.15) is 0 Å². The summed E-state index contributed by atoms with van der Waals surface area (Å²) in [7, 11) is 2.17. The molecule has 2 aromatic carbocycles. The number of thiophene rings is 1. The number of amides is 1. The van der Waals surface area contributed by atoms with E-state index in [-0.39, 0.29) is 18.1 Å². The van der Waals surface area contributed by atoms with E-state index in [0.717, 1.165) is 57.6 Å². The van der Waals surface area contributed by atoms with Crippen LogP contribution in [0.4, 0.5) is 0 Å². The van der Waals surface area contributed by atoms with Gasteiger partial charge in [-0.1, -0.05) is 30.3 Å². The van der Waals surface area contributed by atoms with Gasteiger partial charge in [0.05, 0.1) is 0 Å². The second-order valence-corrected chi connectivity index (χ2v) is 10.4. The van der Waals surface area contributed by atoms with Crippen LogP contribution in [0.15, 0.2) is 54.6 Å². The van der Waals surface area contributed by atoms with Gasteiger partial charge in [-0.25, -0.2) is 0 Å². The van der Waals surface area contributed by atoms with Crippen LogP contribution in [0.1, 0.15) is 36.1 Å². The van der Waals surface area contributed by atoms with Crippen molar-refractivity contribution >= 4 is 27.3 Å². The molecule has 1 amide bonds. The van der Waals surface area contributed by atoms with E-state index in [1.807, 2.05) is 16.2 Å². The Morgan fingerprint density at radius 3 is 2.61 bits per heavy atom. The average Bonchev–Trinajstić information content (AvgIpc) is 3.50. The fourth-order valence-corrected chi connectivity index (χ4v) is 5.93. The number of hydrogen-bond donors (Lipinski definition) is 0. The van der Waals surface area contributed by atoms with Crippen molar-refractivity contribution in [2.45, 2.75) is 51.0 Å². The predicted octanol–water partition coefficient (Wildman–Crippen LogP) is 5.08. The predicted molar refractivity (Wildman–Crippen MR) is 133 cm³/mol. The Morgan fingerprint density at radius 1 is 1.09 bits per heavy atom. The van der Waals surface area contributed by atoms with Gasteiger partial charge in [0.15, 0.2) is 0 Å². The Balaban J connectivity index is 1.08. The highest BCUT2D eigenvalue weighted by molar-refractivity contribution is 7.19. The number of piperidine rings is 1. The fraction of sp³-hybridized carbons (Fsp3) is 0.444. The van der Waals surface area contributed by atoms with Gasteiger partial charge in [0.2, 0.25) is 0 Å². The summed E-state index contributed by atoms with van der Waals surface area (Å²) in [5.74, 6) is 1.07. The lowest BCUT2D eigenvalue weighted by atomic mass is 10.1. The van der Waals surface area contributed by atoms with Crippen LogP contribution >= 0.6 is 11.3 Å². The number of carbonyl (C=O) groups is 1. The van der Waals surface area contributed by atoms with Crippen molar-refractivity contribution in [1.82, 2.24) is 9.80 Å². The summed E-state index contributed by atoms with van der Waals surface area (Å²) in [5.41, 5.74) is 1.28. The average molecular weight is 465 g/mol. The molecule has 1 aromatic heterocycles. The van der Waals surface area contributed by atoms with Crippen LogP contribution in [0.2, 0.25) is 0 Å². The van der Waals surface area contributed by atoms with Crippen LogP contribution in [0.5, 0.6) is 5.75 Å². The van der Waals surface area contributed by atoms with E-state index in [1.165, 1.54) is 20.5 Å². The third kappa shape index (κ3) is 5.57. The Kier molecular flexibility index (Phi) is 6.95. The Hall–Kier alpha value is -2.41. The third-order valence-electron chi connectivity index (χ3n) is 6.54. The van der Waals surface area contributed by atoms with Gasteiger partial charge in [-0.3, -0.25) is 9.69 Å². The molecular formula is C27H32N2O3S. The number of benzene rings is 2. The highest BCUT2D eigenvalue weighted by atomic mass is 32.1. The molecule has 0 N–H and O–H groups in total. The maximum absolute atomic E-state index is 12.5. The van der Waals surface area contributed by atoms with Crippen molar-refractivity contribution in [3.05, 3.63) is 65.0 Å². The number of nitrogens with zero attached hydrogens (tertiary/aromatic N) is 2. The van der Waals surface area contributed by atoms with E-state index in [9.17, 15) is 4.79 Å². The highest BCUT2D eigenvalue weighted by Gasteiger charge is 2.31. The van der Waals surface area contributed by atoms with Gasteiger partial charge in [-0.15, -0.1) is 11.3 Å². The van der Waals surface area contributed by atoms with Gasteiger partial charge in [-0.05, 0) is 55.1 Å². The standard InChI is InChI=1S/C27H32N2O3S/c1-28(19-24-17-21-5-2-3-7-26(21)33-24)18-20-8-10-22(11-9-20)32-23-12-14-29(15-13-23)27(30)25-6-4-16-31-25/h2-3,5,7-11,17,23,25H,4,6,12-16,18-19H2,1H3/t25-/m1/s1. The SMILES string of the molecule is CN(Cc1ccc(OC2CCN(C(=O)[C@H]3CCCO3)CC2)cc1)Cc1cc2ccccc2s1. The summed E-state index contributed by atoms with van der Waals surface area (Å²) in [6, 6.07) is 19.3. The zero-order valence-corrected chi connectivity index (χ0v) is 20.1. The van der Waals surface area contributed by atoms with Crippen molar-refractivity contribution in [3.63, 3.8) is 0 Å².